The molecule has 0 atom stereocenters. The van der Waals surface area contributed by atoms with E-state index in [0.29, 0.717) is 0 Å². The lowest BCUT2D eigenvalue weighted by Crippen LogP contribution is -2.47. The first-order chi connectivity index (χ1) is 7.54. The van der Waals surface area contributed by atoms with Gasteiger partial charge in [-0.25, -0.2) is 0 Å². The van der Waals surface area contributed by atoms with Crippen molar-refractivity contribution in [2.24, 2.45) is 0 Å². The molecule has 0 radical (unpaired) electrons. The van der Waals surface area contributed by atoms with Crippen LogP contribution >= 0.6 is 0 Å². The average Bonchev–Trinajstić information content (AvgIpc) is 2.20. The molecular formula is C11H26N3O2+. The molecule has 0 heterocycles. The molecule has 0 spiro atoms. The van der Waals surface area contributed by atoms with Crippen molar-refractivity contribution in [2.75, 3.05) is 68.7 Å². The van der Waals surface area contributed by atoms with Crippen LogP contribution in [0.3, 0.4) is 0 Å². The minimum Gasteiger partial charge on any atom is -0.381 e. The molecule has 0 saturated heterocycles. The van der Waals surface area contributed by atoms with Crippen molar-refractivity contribution in [3.8, 4) is 0 Å². The van der Waals surface area contributed by atoms with Gasteiger partial charge in [0.2, 0.25) is 0 Å². The van der Waals surface area contributed by atoms with E-state index in [2.05, 4.69) is 14.4 Å². The molecule has 5 heteroatoms. The Kier molecular flexibility index (Phi) is 7.93. The Balaban J connectivity index is 4.62. The van der Waals surface area contributed by atoms with Gasteiger partial charge in [0.1, 0.15) is 0 Å². The van der Waals surface area contributed by atoms with Crippen LogP contribution in [-0.2, 0) is 9.47 Å². The molecule has 5 nitrogen and oxygen atoms in total. The lowest BCUT2D eigenvalue weighted by molar-refractivity contribution is -0.476. The maximum absolute atomic E-state index is 5.13. The second kappa shape index (κ2) is 8.35. The van der Waals surface area contributed by atoms with Gasteiger partial charge in [0.25, 0.3) is 0 Å². The third-order valence-electron chi connectivity index (χ3n) is 2.21. The molecule has 96 valence electrons. The van der Waals surface area contributed by atoms with Crippen LogP contribution in [0, 0.1) is 0 Å². The predicted octanol–water partition coefficient (Wildman–Crippen LogP) is -0.229. The van der Waals surface area contributed by atoms with Crippen LogP contribution in [0.2, 0.25) is 0 Å². The Morgan fingerprint density at radius 3 is 1.69 bits per heavy atom. The summed E-state index contributed by atoms with van der Waals surface area (Å²) in [4.78, 5) is 4.36. The molecule has 0 aromatic carbocycles. The molecule has 0 fully saturated rings. The lowest BCUT2D eigenvalue weighted by atomic mass is 10.5. The summed E-state index contributed by atoms with van der Waals surface area (Å²) < 4.78 is 12.4. The monoisotopic (exact) mass is 232 g/mol. The van der Waals surface area contributed by atoms with E-state index >= 15 is 0 Å². The topological polar surface area (TPSA) is 28.0 Å². The molecule has 0 unspecified atom stereocenters. The average molecular weight is 232 g/mol. The molecule has 0 saturated carbocycles. The third kappa shape index (κ3) is 5.32. The summed E-state index contributed by atoms with van der Waals surface area (Å²) in [7, 11) is 11.6. The SMILES string of the molecule is COCCN(CCOC)C(N(C)C)=[N+](C)C. The van der Waals surface area contributed by atoms with Gasteiger partial charge in [0.15, 0.2) is 0 Å². The van der Waals surface area contributed by atoms with Gasteiger partial charge < -0.3 is 9.47 Å². The van der Waals surface area contributed by atoms with Crippen molar-refractivity contribution in [3.05, 3.63) is 0 Å². The van der Waals surface area contributed by atoms with Crippen LogP contribution < -0.4 is 0 Å². The number of rotatable bonds is 6. The molecule has 0 aliphatic rings. The maximum atomic E-state index is 5.13. The quantitative estimate of drug-likeness (QED) is 0.359. The van der Waals surface area contributed by atoms with E-state index in [0.717, 1.165) is 32.3 Å². The highest BCUT2D eigenvalue weighted by Gasteiger charge is 2.21. The van der Waals surface area contributed by atoms with Crippen LogP contribution in [-0.4, -0.2) is 89.0 Å². The zero-order valence-corrected chi connectivity index (χ0v) is 11.5. The zero-order valence-electron chi connectivity index (χ0n) is 11.5. The van der Waals surface area contributed by atoms with Gasteiger partial charge in [-0.1, -0.05) is 0 Å². The number of methoxy groups -OCH3 is 2. The maximum Gasteiger partial charge on any atom is 0.349 e. The smallest absolute Gasteiger partial charge is 0.349 e. The summed E-state index contributed by atoms with van der Waals surface area (Å²) in [6.45, 7) is 3.17. The minimum absolute atomic E-state index is 0.717. The van der Waals surface area contributed by atoms with Gasteiger partial charge >= 0.3 is 5.96 Å². The van der Waals surface area contributed by atoms with Gasteiger partial charge in [-0.2, -0.15) is 0 Å². The number of guanidine groups is 1. The van der Waals surface area contributed by atoms with Crippen LogP contribution in [0.4, 0.5) is 0 Å². The molecule has 0 aliphatic carbocycles. The molecule has 0 aliphatic heterocycles. The first-order valence-electron chi connectivity index (χ1n) is 5.49. The highest BCUT2D eigenvalue weighted by atomic mass is 16.5. The van der Waals surface area contributed by atoms with Crippen LogP contribution in [0.15, 0.2) is 0 Å². The normalized spacial score (nSPS) is 10.1. The lowest BCUT2D eigenvalue weighted by Gasteiger charge is -2.24. The van der Waals surface area contributed by atoms with Gasteiger partial charge in [-0.15, -0.1) is 0 Å². The summed E-state index contributed by atoms with van der Waals surface area (Å²) in [5.41, 5.74) is 0. The second-order valence-corrected chi connectivity index (χ2v) is 4.06. The molecule has 0 aromatic heterocycles. The highest BCUT2D eigenvalue weighted by molar-refractivity contribution is 5.74. The largest absolute Gasteiger partial charge is 0.381 e. The highest BCUT2D eigenvalue weighted by Crippen LogP contribution is 1.95. The summed E-state index contributed by atoms with van der Waals surface area (Å²) in [6.07, 6.45) is 0. The predicted molar refractivity (Wildman–Crippen MR) is 66.1 cm³/mol. The van der Waals surface area contributed by atoms with E-state index in [1.807, 2.05) is 28.2 Å². The molecule has 0 amide bonds. The number of ether oxygens (including phenoxy) is 2. The summed E-state index contributed by atoms with van der Waals surface area (Å²) in [6, 6.07) is 0. The van der Waals surface area contributed by atoms with Crippen LogP contribution in [0.5, 0.6) is 0 Å². The molecule has 0 aromatic rings. The fourth-order valence-corrected chi connectivity index (χ4v) is 1.68. The molecule has 0 N–H and O–H groups in total. The van der Waals surface area contributed by atoms with E-state index in [9.17, 15) is 0 Å². The van der Waals surface area contributed by atoms with E-state index in [1.165, 1.54) is 0 Å². The van der Waals surface area contributed by atoms with Crippen molar-refractivity contribution in [1.82, 2.24) is 9.80 Å². The second-order valence-electron chi connectivity index (χ2n) is 4.06. The Hall–Kier alpha value is -0.810. The van der Waals surface area contributed by atoms with Gasteiger partial charge in [-0.05, 0) is 0 Å². The van der Waals surface area contributed by atoms with Crippen LogP contribution in [0.25, 0.3) is 0 Å². The van der Waals surface area contributed by atoms with Crippen LogP contribution in [0.1, 0.15) is 0 Å². The molecule has 0 bridgehead atoms. The molecule has 0 rings (SSSR count). The van der Waals surface area contributed by atoms with Crippen molar-refractivity contribution >= 4 is 5.96 Å². The summed E-state index contributed by atoms with van der Waals surface area (Å²) in [5, 5.41) is 0. The van der Waals surface area contributed by atoms with E-state index < -0.39 is 0 Å². The Morgan fingerprint density at radius 1 is 1.00 bits per heavy atom. The first kappa shape index (κ1) is 15.2. The summed E-state index contributed by atoms with van der Waals surface area (Å²) >= 11 is 0. The third-order valence-corrected chi connectivity index (χ3v) is 2.21. The number of nitrogens with zero attached hydrogens (tertiary/aromatic N) is 3. The van der Waals surface area contributed by atoms with Crippen molar-refractivity contribution in [2.45, 2.75) is 0 Å². The van der Waals surface area contributed by atoms with Crippen molar-refractivity contribution in [1.29, 1.82) is 0 Å². The fourth-order valence-electron chi connectivity index (χ4n) is 1.68. The summed E-state index contributed by atoms with van der Waals surface area (Å²) in [5.74, 6) is 1.16. The van der Waals surface area contributed by atoms with Gasteiger partial charge in [0, 0.05) is 14.2 Å². The Labute approximate surface area is 99.2 Å². The van der Waals surface area contributed by atoms with Crippen molar-refractivity contribution in [3.63, 3.8) is 0 Å². The standard InChI is InChI=1S/C11H26N3O2/c1-12(2)11(13(3)4)14(7-9-15-5)8-10-16-6/h7-10H2,1-6H3/q+1. The molecular weight excluding hydrogens is 206 g/mol. The first-order valence-corrected chi connectivity index (χ1v) is 5.49. The van der Waals surface area contributed by atoms with E-state index in [4.69, 9.17) is 9.47 Å². The van der Waals surface area contributed by atoms with Crippen molar-refractivity contribution < 1.29 is 14.0 Å². The molecule has 16 heavy (non-hydrogen) atoms. The van der Waals surface area contributed by atoms with E-state index in [1.54, 1.807) is 14.2 Å². The van der Waals surface area contributed by atoms with Gasteiger partial charge in [0.05, 0.1) is 54.5 Å². The Bertz CT molecular complexity index is 205. The zero-order chi connectivity index (χ0) is 12.6. The van der Waals surface area contributed by atoms with Gasteiger partial charge in [-0.3, -0.25) is 14.4 Å². The Morgan fingerprint density at radius 2 is 1.44 bits per heavy atom. The van der Waals surface area contributed by atoms with E-state index in [-0.39, 0.29) is 0 Å². The number of hydrogen-bond acceptors (Lipinski definition) is 2. The minimum atomic E-state index is 0.717. The number of hydrogen-bond donors (Lipinski definition) is 0. The fraction of sp³-hybridized carbons (Fsp3) is 0.909.